The van der Waals surface area contributed by atoms with Crippen LogP contribution in [0.4, 0.5) is 11.6 Å². The van der Waals surface area contributed by atoms with E-state index < -0.39 is 10.0 Å². The molecule has 9 heteroatoms. The summed E-state index contributed by atoms with van der Waals surface area (Å²) in [5, 5.41) is 8.10. The quantitative estimate of drug-likeness (QED) is 0.864. The number of piperazine rings is 1. The Kier molecular flexibility index (Phi) is 5.08. The van der Waals surface area contributed by atoms with Crippen molar-refractivity contribution in [1.82, 2.24) is 15.1 Å². The van der Waals surface area contributed by atoms with Crippen molar-refractivity contribution in [3.63, 3.8) is 0 Å². The van der Waals surface area contributed by atoms with E-state index in [1.807, 2.05) is 4.90 Å². The first-order valence-electron chi connectivity index (χ1n) is 8.29. The van der Waals surface area contributed by atoms with Gasteiger partial charge in [0, 0.05) is 33.1 Å². The number of aromatic nitrogens is 2. The molecule has 0 unspecified atom stereocenters. The maximum atomic E-state index is 12.5. The first kappa shape index (κ1) is 18.1. The molecule has 1 saturated heterocycles. The van der Waals surface area contributed by atoms with Gasteiger partial charge in [0.05, 0.1) is 4.90 Å². The average Bonchev–Trinajstić information content (AvgIpc) is 2.62. The summed E-state index contributed by atoms with van der Waals surface area (Å²) in [6.07, 6.45) is 0. The third-order valence-electron chi connectivity index (χ3n) is 4.32. The second-order valence-corrected chi connectivity index (χ2v) is 7.79. The third-order valence-corrected chi connectivity index (χ3v) is 5.84. The van der Waals surface area contributed by atoms with Crippen LogP contribution in [0.1, 0.15) is 12.5 Å². The molecule has 8 nitrogen and oxygen atoms in total. The maximum Gasteiger partial charge on any atom is 0.263 e. The molecule has 1 fully saturated rings. The molecule has 138 valence electrons. The molecule has 1 amide bonds. The Morgan fingerprint density at radius 1 is 1.04 bits per heavy atom. The van der Waals surface area contributed by atoms with E-state index in [1.54, 1.807) is 55.1 Å². The van der Waals surface area contributed by atoms with Crippen LogP contribution in [0.25, 0.3) is 0 Å². The van der Waals surface area contributed by atoms with Crippen molar-refractivity contribution in [3.8, 4) is 0 Å². The Bertz CT molecular complexity index is 891. The molecule has 0 atom stereocenters. The minimum Gasteiger partial charge on any atom is -0.352 e. The lowest BCUT2D eigenvalue weighted by atomic mass is 10.2. The van der Waals surface area contributed by atoms with E-state index >= 15 is 0 Å². The van der Waals surface area contributed by atoms with Crippen LogP contribution in [0, 0.1) is 6.92 Å². The first-order chi connectivity index (χ1) is 12.4. The fraction of sp³-hybridized carbons (Fsp3) is 0.353. The van der Waals surface area contributed by atoms with E-state index in [9.17, 15) is 13.2 Å². The highest BCUT2D eigenvalue weighted by Gasteiger charge is 2.21. The summed E-state index contributed by atoms with van der Waals surface area (Å²) in [5.74, 6) is 0.892. The molecule has 1 aromatic heterocycles. The highest BCUT2D eigenvalue weighted by Crippen LogP contribution is 2.19. The molecule has 26 heavy (non-hydrogen) atoms. The molecule has 0 saturated carbocycles. The van der Waals surface area contributed by atoms with Gasteiger partial charge in [-0.05, 0) is 30.7 Å². The smallest absolute Gasteiger partial charge is 0.263 e. The van der Waals surface area contributed by atoms with Crippen molar-refractivity contribution in [1.29, 1.82) is 0 Å². The van der Waals surface area contributed by atoms with E-state index in [0.717, 1.165) is 0 Å². The summed E-state index contributed by atoms with van der Waals surface area (Å²) < 4.78 is 27.4. The fourth-order valence-electron chi connectivity index (χ4n) is 2.85. The predicted octanol–water partition coefficient (Wildman–Crippen LogP) is 1.25. The molecule has 0 radical (unpaired) electrons. The third kappa shape index (κ3) is 3.93. The molecule has 1 aromatic carbocycles. The molecule has 2 aromatic rings. The molecule has 1 N–H and O–H groups in total. The number of rotatable bonds is 4. The minimum atomic E-state index is -3.71. The number of carbonyl (C=O) groups is 1. The van der Waals surface area contributed by atoms with Crippen LogP contribution < -0.4 is 9.62 Å². The van der Waals surface area contributed by atoms with Gasteiger partial charge >= 0.3 is 0 Å². The Hall–Kier alpha value is -2.68. The number of hydrogen-bond donors (Lipinski definition) is 1. The standard InChI is InChI=1S/C17H21N5O3S/c1-13-5-3-4-6-15(13)26(24,25)20-16-7-8-17(19-18-16)22-11-9-21(10-12-22)14(2)23/h3-8H,9-12H2,1-2H3,(H,18,20). The van der Waals surface area contributed by atoms with Gasteiger partial charge in [0.15, 0.2) is 11.6 Å². The zero-order valence-electron chi connectivity index (χ0n) is 14.7. The van der Waals surface area contributed by atoms with Crippen molar-refractivity contribution in [2.75, 3.05) is 35.8 Å². The maximum absolute atomic E-state index is 12.5. The van der Waals surface area contributed by atoms with E-state index in [-0.39, 0.29) is 16.6 Å². The SMILES string of the molecule is CC(=O)N1CCN(c2ccc(NS(=O)(=O)c3ccccc3C)nn2)CC1. The number of anilines is 2. The normalized spacial score (nSPS) is 15.0. The monoisotopic (exact) mass is 375 g/mol. The summed E-state index contributed by atoms with van der Waals surface area (Å²) in [6.45, 7) is 5.91. The second kappa shape index (κ2) is 7.28. The van der Waals surface area contributed by atoms with Gasteiger partial charge in [0.1, 0.15) is 0 Å². The van der Waals surface area contributed by atoms with Gasteiger partial charge in [-0.1, -0.05) is 18.2 Å². The van der Waals surface area contributed by atoms with Crippen molar-refractivity contribution in [3.05, 3.63) is 42.0 Å². The lowest BCUT2D eigenvalue weighted by molar-refractivity contribution is -0.129. The number of nitrogens with one attached hydrogen (secondary N) is 1. The van der Waals surface area contributed by atoms with E-state index in [4.69, 9.17) is 0 Å². The number of amides is 1. The van der Waals surface area contributed by atoms with Crippen LogP contribution in [0.5, 0.6) is 0 Å². The predicted molar refractivity (Wildman–Crippen MR) is 98.5 cm³/mol. The minimum absolute atomic E-state index is 0.0664. The molecule has 3 rings (SSSR count). The zero-order chi connectivity index (χ0) is 18.7. The summed E-state index contributed by atoms with van der Waals surface area (Å²) in [5.41, 5.74) is 0.660. The molecule has 1 aliphatic rings. The van der Waals surface area contributed by atoms with Gasteiger partial charge in [0.2, 0.25) is 5.91 Å². The molecule has 1 aliphatic heterocycles. The van der Waals surface area contributed by atoms with Crippen LogP contribution in [-0.4, -0.2) is 55.6 Å². The number of sulfonamides is 1. The first-order valence-corrected chi connectivity index (χ1v) is 9.78. The highest BCUT2D eigenvalue weighted by atomic mass is 32.2. The molecule has 0 bridgehead atoms. The topological polar surface area (TPSA) is 95.5 Å². The molecule has 0 spiro atoms. The largest absolute Gasteiger partial charge is 0.352 e. The van der Waals surface area contributed by atoms with Gasteiger partial charge in [-0.25, -0.2) is 8.42 Å². The number of benzene rings is 1. The van der Waals surface area contributed by atoms with Crippen molar-refractivity contribution < 1.29 is 13.2 Å². The molecular weight excluding hydrogens is 354 g/mol. The molecule has 2 heterocycles. The fourth-order valence-corrected chi connectivity index (χ4v) is 4.09. The highest BCUT2D eigenvalue weighted by molar-refractivity contribution is 7.92. The van der Waals surface area contributed by atoms with Crippen LogP contribution in [0.3, 0.4) is 0 Å². The Morgan fingerprint density at radius 3 is 2.31 bits per heavy atom. The van der Waals surface area contributed by atoms with Crippen molar-refractivity contribution in [2.45, 2.75) is 18.7 Å². The van der Waals surface area contributed by atoms with Crippen LogP contribution >= 0.6 is 0 Å². The van der Waals surface area contributed by atoms with Crippen LogP contribution in [0.2, 0.25) is 0 Å². The summed E-state index contributed by atoms with van der Waals surface area (Å²) in [7, 11) is -3.71. The number of hydrogen-bond acceptors (Lipinski definition) is 6. The van der Waals surface area contributed by atoms with E-state index in [2.05, 4.69) is 14.9 Å². The number of nitrogens with zero attached hydrogens (tertiary/aromatic N) is 4. The van der Waals surface area contributed by atoms with Crippen molar-refractivity contribution in [2.24, 2.45) is 0 Å². The lowest BCUT2D eigenvalue weighted by Gasteiger charge is -2.34. The van der Waals surface area contributed by atoms with E-state index in [0.29, 0.717) is 37.6 Å². The van der Waals surface area contributed by atoms with Crippen LogP contribution in [-0.2, 0) is 14.8 Å². The lowest BCUT2D eigenvalue weighted by Crippen LogP contribution is -2.48. The molecule has 0 aliphatic carbocycles. The van der Waals surface area contributed by atoms with E-state index in [1.165, 1.54) is 0 Å². The van der Waals surface area contributed by atoms with Crippen molar-refractivity contribution >= 4 is 27.6 Å². The second-order valence-electron chi connectivity index (χ2n) is 6.14. The average molecular weight is 375 g/mol. The Morgan fingerprint density at radius 2 is 1.73 bits per heavy atom. The number of carbonyl (C=O) groups excluding carboxylic acids is 1. The summed E-state index contributed by atoms with van der Waals surface area (Å²) in [4.78, 5) is 15.4. The van der Waals surface area contributed by atoms with Gasteiger partial charge in [-0.15, -0.1) is 10.2 Å². The van der Waals surface area contributed by atoms with Gasteiger partial charge in [-0.2, -0.15) is 0 Å². The Balaban J connectivity index is 1.69. The van der Waals surface area contributed by atoms with Gasteiger partial charge < -0.3 is 9.80 Å². The number of aryl methyl sites for hydroxylation is 1. The molecular formula is C17H21N5O3S. The van der Waals surface area contributed by atoms with Crippen LogP contribution in [0.15, 0.2) is 41.3 Å². The Labute approximate surface area is 152 Å². The summed E-state index contributed by atoms with van der Waals surface area (Å²) in [6, 6.07) is 10.1. The summed E-state index contributed by atoms with van der Waals surface area (Å²) >= 11 is 0. The van der Waals surface area contributed by atoms with Gasteiger partial charge in [-0.3, -0.25) is 9.52 Å². The zero-order valence-corrected chi connectivity index (χ0v) is 15.5. The van der Waals surface area contributed by atoms with Gasteiger partial charge in [0.25, 0.3) is 10.0 Å².